The quantitative estimate of drug-likeness (QED) is 0.593. The molecule has 0 saturated heterocycles. The lowest BCUT2D eigenvalue weighted by Crippen LogP contribution is -1.92. The molecule has 0 saturated carbocycles. The van der Waals surface area contributed by atoms with Crippen LogP contribution in [0.3, 0.4) is 0 Å². The minimum Gasteiger partial charge on any atom is -0.315 e. The van der Waals surface area contributed by atoms with Crippen molar-refractivity contribution in [3.05, 3.63) is 64.2 Å². The van der Waals surface area contributed by atoms with Crippen LogP contribution in [0.25, 0.3) is 16.6 Å². The molecular formula is C14H9BrClN. The first kappa shape index (κ1) is 10.9. The smallest absolute Gasteiger partial charge is 0.0598 e. The highest BCUT2D eigenvalue weighted by atomic mass is 79.9. The number of aromatic nitrogens is 1. The van der Waals surface area contributed by atoms with Gasteiger partial charge in [-0.25, -0.2) is 0 Å². The van der Waals surface area contributed by atoms with E-state index in [1.807, 2.05) is 30.3 Å². The van der Waals surface area contributed by atoms with E-state index in [4.69, 9.17) is 11.6 Å². The van der Waals surface area contributed by atoms with E-state index < -0.39 is 0 Å². The maximum absolute atomic E-state index is 5.96. The van der Waals surface area contributed by atoms with E-state index in [0.29, 0.717) is 0 Å². The van der Waals surface area contributed by atoms with Gasteiger partial charge in [0, 0.05) is 15.7 Å². The van der Waals surface area contributed by atoms with Crippen LogP contribution < -0.4 is 0 Å². The van der Waals surface area contributed by atoms with Gasteiger partial charge in [-0.1, -0.05) is 29.8 Å². The first-order valence-corrected chi connectivity index (χ1v) is 6.44. The van der Waals surface area contributed by atoms with Crippen molar-refractivity contribution in [3.8, 4) is 5.69 Å². The van der Waals surface area contributed by atoms with Crippen LogP contribution >= 0.6 is 27.5 Å². The number of hydrogen-bond donors (Lipinski definition) is 0. The van der Waals surface area contributed by atoms with Crippen molar-refractivity contribution in [3.63, 3.8) is 0 Å². The topological polar surface area (TPSA) is 4.93 Å². The zero-order valence-corrected chi connectivity index (χ0v) is 11.2. The van der Waals surface area contributed by atoms with Gasteiger partial charge >= 0.3 is 0 Å². The average Bonchev–Trinajstić information content (AvgIpc) is 2.73. The van der Waals surface area contributed by atoms with Crippen LogP contribution in [-0.2, 0) is 0 Å². The molecule has 0 spiro atoms. The Hall–Kier alpha value is -1.25. The van der Waals surface area contributed by atoms with Crippen LogP contribution in [0.5, 0.6) is 0 Å². The number of rotatable bonds is 1. The maximum Gasteiger partial charge on any atom is 0.0598 e. The number of para-hydroxylation sites is 1. The van der Waals surface area contributed by atoms with Crippen molar-refractivity contribution < 1.29 is 0 Å². The summed E-state index contributed by atoms with van der Waals surface area (Å²) in [5.74, 6) is 0. The van der Waals surface area contributed by atoms with E-state index in [1.54, 1.807) is 0 Å². The first-order valence-electron chi connectivity index (χ1n) is 5.27. The number of fused-ring (bicyclic) bond motifs is 1. The van der Waals surface area contributed by atoms with Gasteiger partial charge in [0.1, 0.15) is 0 Å². The van der Waals surface area contributed by atoms with Crippen molar-refractivity contribution in [2.75, 3.05) is 0 Å². The van der Waals surface area contributed by atoms with Crippen molar-refractivity contribution in [2.24, 2.45) is 0 Å². The van der Waals surface area contributed by atoms with Crippen LogP contribution in [-0.4, -0.2) is 4.57 Å². The molecule has 3 aromatic rings. The minimum atomic E-state index is 0.733. The Labute approximate surface area is 113 Å². The molecule has 0 bridgehead atoms. The Morgan fingerprint density at radius 1 is 1.00 bits per heavy atom. The standard InChI is InChI=1S/C14H9BrClN/c15-12-9-11(16)5-6-14(12)17-8-7-10-3-1-2-4-13(10)17/h1-9H. The van der Waals surface area contributed by atoms with E-state index in [9.17, 15) is 0 Å². The summed E-state index contributed by atoms with van der Waals surface area (Å²) < 4.78 is 3.14. The van der Waals surface area contributed by atoms with Crippen molar-refractivity contribution in [2.45, 2.75) is 0 Å². The van der Waals surface area contributed by atoms with Crippen molar-refractivity contribution in [1.29, 1.82) is 0 Å². The number of benzene rings is 2. The fourth-order valence-electron chi connectivity index (χ4n) is 1.97. The second-order valence-corrected chi connectivity index (χ2v) is 5.13. The molecule has 1 aromatic heterocycles. The highest BCUT2D eigenvalue weighted by molar-refractivity contribution is 9.10. The summed E-state index contributed by atoms with van der Waals surface area (Å²) in [6.45, 7) is 0. The fourth-order valence-corrected chi connectivity index (χ4v) is 2.84. The molecule has 0 aliphatic heterocycles. The van der Waals surface area contributed by atoms with Crippen LogP contribution in [0.2, 0.25) is 5.02 Å². The van der Waals surface area contributed by atoms with Crippen molar-refractivity contribution >= 4 is 38.4 Å². The fraction of sp³-hybridized carbons (Fsp3) is 0. The summed E-state index contributed by atoms with van der Waals surface area (Å²) in [6, 6.07) is 16.2. The van der Waals surface area contributed by atoms with Gasteiger partial charge in [0.15, 0.2) is 0 Å². The monoisotopic (exact) mass is 305 g/mol. The average molecular weight is 307 g/mol. The highest BCUT2D eigenvalue weighted by Crippen LogP contribution is 2.28. The third-order valence-electron chi connectivity index (χ3n) is 2.77. The Morgan fingerprint density at radius 3 is 2.65 bits per heavy atom. The lowest BCUT2D eigenvalue weighted by Gasteiger charge is -2.08. The van der Waals surface area contributed by atoms with Gasteiger partial charge in [0.05, 0.1) is 11.2 Å². The molecular weight excluding hydrogens is 298 g/mol. The summed E-state index contributed by atoms with van der Waals surface area (Å²) in [4.78, 5) is 0. The molecule has 0 aliphatic carbocycles. The van der Waals surface area contributed by atoms with Gasteiger partial charge in [0.2, 0.25) is 0 Å². The summed E-state index contributed by atoms with van der Waals surface area (Å²) >= 11 is 9.51. The third-order valence-corrected chi connectivity index (χ3v) is 3.64. The summed E-state index contributed by atoms with van der Waals surface area (Å²) in [7, 11) is 0. The van der Waals surface area contributed by atoms with E-state index in [2.05, 4.69) is 44.9 Å². The first-order chi connectivity index (χ1) is 8.25. The molecule has 0 N–H and O–H groups in total. The number of nitrogens with zero attached hydrogens (tertiary/aromatic N) is 1. The lowest BCUT2D eigenvalue weighted by atomic mass is 10.2. The summed E-state index contributed by atoms with van der Waals surface area (Å²) in [6.07, 6.45) is 2.07. The van der Waals surface area contributed by atoms with E-state index in [-0.39, 0.29) is 0 Å². The van der Waals surface area contributed by atoms with Gasteiger partial charge in [-0.15, -0.1) is 0 Å². The normalized spacial score (nSPS) is 10.9. The van der Waals surface area contributed by atoms with Crippen LogP contribution in [0.4, 0.5) is 0 Å². The minimum absolute atomic E-state index is 0.733. The van der Waals surface area contributed by atoms with Gasteiger partial charge < -0.3 is 4.57 Å². The number of halogens is 2. The molecule has 3 heteroatoms. The molecule has 0 radical (unpaired) electrons. The van der Waals surface area contributed by atoms with Gasteiger partial charge in [-0.2, -0.15) is 0 Å². The van der Waals surface area contributed by atoms with E-state index >= 15 is 0 Å². The zero-order valence-electron chi connectivity index (χ0n) is 8.90. The third kappa shape index (κ3) is 1.88. The predicted octanol–water partition coefficient (Wildman–Crippen LogP) is 5.05. The second-order valence-electron chi connectivity index (χ2n) is 3.84. The molecule has 84 valence electrons. The molecule has 0 fully saturated rings. The van der Waals surface area contributed by atoms with Gasteiger partial charge in [-0.3, -0.25) is 0 Å². The number of hydrogen-bond acceptors (Lipinski definition) is 0. The summed E-state index contributed by atoms with van der Waals surface area (Å²) in [5.41, 5.74) is 2.28. The van der Waals surface area contributed by atoms with Crippen molar-refractivity contribution in [1.82, 2.24) is 4.57 Å². The van der Waals surface area contributed by atoms with Gasteiger partial charge in [0.25, 0.3) is 0 Å². The van der Waals surface area contributed by atoms with Crippen LogP contribution in [0, 0.1) is 0 Å². The predicted molar refractivity (Wildman–Crippen MR) is 76.0 cm³/mol. The van der Waals surface area contributed by atoms with E-state index in [1.165, 1.54) is 10.9 Å². The van der Waals surface area contributed by atoms with E-state index in [0.717, 1.165) is 15.2 Å². The molecule has 1 nitrogen and oxygen atoms in total. The largest absolute Gasteiger partial charge is 0.315 e. The molecule has 3 rings (SSSR count). The zero-order chi connectivity index (χ0) is 11.8. The molecule has 0 unspecified atom stereocenters. The molecule has 17 heavy (non-hydrogen) atoms. The second kappa shape index (κ2) is 4.21. The molecule has 0 atom stereocenters. The molecule has 2 aromatic carbocycles. The molecule has 1 heterocycles. The summed E-state index contributed by atoms with van der Waals surface area (Å²) in [5, 5.41) is 1.96. The SMILES string of the molecule is Clc1ccc(-n2ccc3ccccc32)c(Br)c1. The Bertz CT molecular complexity index is 688. The Balaban J connectivity index is 2.27. The Kier molecular flexibility index (Phi) is 2.69. The lowest BCUT2D eigenvalue weighted by molar-refractivity contribution is 1.12. The highest BCUT2D eigenvalue weighted by Gasteiger charge is 2.06. The molecule has 0 amide bonds. The van der Waals surface area contributed by atoms with Crippen LogP contribution in [0.1, 0.15) is 0 Å². The Morgan fingerprint density at radius 2 is 1.82 bits per heavy atom. The van der Waals surface area contributed by atoms with Crippen LogP contribution in [0.15, 0.2) is 59.2 Å². The van der Waals surface area contributed by atoms with Gasteiger partial charge in [-0.05, 0) is 51.6 Å². The molecule has 0 aliphatic rings. The maximum atomic E-state index is 5.96.